The molecule has 3 rings (SSSR count). The van der Waals surface area contributed by atoms with Crippen LogP contribution in [0.15, 0.2) is 60.7 Å². The Bertz CT molecular complexity index is 726. The first-order valence-electron chi connectivity index (χ1n) is 6.54. The molecule has 0 radical (unpaired) electrons. The maximum absolute atomic E-state index is 12.3. The maximum atomic E-state index is 12.3. The van der Waals surface area contributed by atoms with Crippen LogP contribution in [0.1, 0.15) is 16.1 Å². The highest BCUT2D eigenvalue weighted by Gasteiger charge is 2.17. The van der Waals surface area contributed by atoms with E-state index in [0.29, 0.717) is 12.2 Å². The van der Waals surface area contributed by atoms with Crippen LogP contribution in [-0.2, 0) is 6.54 Å². The third kappa shape index (κ3) is 3.14. The maximum Gasteiger partial charge on any atom is 0.273 e. The highest BCUT2D eigenvalue weighted by atomic mass is 32.1. The summed E-state index contributed by atoms with van der Waals surface area (Å²) < 4.78 is 3.91. The number of benzene rings is 2. The quantitative estimate of drug-likeness (QED) is 0.804. The Morgan fingerprint density at radius 1 is 1.00 bits per heavy atom. The van der Waals surface area contributed by atoms with Crippen molar-refractivity contribution in [2.45, 2.75) is 6.54 Å². The number of amides is 1. The number of carbonyl (C=O) groups excluding carboxylic acids is 1. The van der Waals surface area contributed by atoms with Gasteiger partial charge in [-0.1, -0.05) is 65.2 Å². The van der Waals surface area contributed by atoms with Gasteiger partial charge < -0.3 is 5.32 Å². The van der Waals surface area contributed by atoms with Crippen LogP contribution in [0.3, 0.4) is 0 Å². The number of hydrogen-bond donors (Lipinski definition) is 1. The Balaban J connectivity index is 1.76. The lowest BCUT2D eigenvalue weighted by Gasteiger charge is -2.04. The molecule has 0 aliphatic heterocycles. The van der Waals surface area contributed by atoms with Crippen LogP contribution in [-0.4, -0.2) is 15.5 Å². The van der Waals surface area contributed by atoms with Crippen LogP contribution >= 0.6 is 11.5 Å². The van der Waals surface area contributed by atoms with E-state index in [4.69, 9.17) is 0 Å². The first-order chi connectivity index (χ1) is 10.3. The van der Waals surface area contributed by atoms with Crippen molar-refractivity contribution in [3.8, 4) is 10.4 Å². The molecule has 0 atom stereocenters. The van der Waals surface area contributed by atoms with E-state index in [2.05, 4.69) is 14.9 Å². The second-order valence-corrected chi connectivity index (χ2v) is 5.24. The number of nitrogens with one attached hydrogen (secondary N) is 1. The fourth-order valence-corrected chi connectivity index (χ4v) is 2.65. The highest BCUT2D eigenvalue weighted by Crippen LogP contribution is 2.25. The van der Waals surface area contributed by atoms with Crippen molar-refractivity contribution in [1.29, 1.82) is 0 Å². The zero-order chi connectivity index (χ0) is 14.5. The summed E-state index contributed by atoms with van der Waals surface area (Å²) in [6.45, 7) is 0.478. The second kappa shape index (κ2) is 6.28. The molecule has 104 valence electrons. The largest absolute Gasteiger partial charge is 0.347 e. The molecule has 21 heavy (non-hydrogen) atoms. The average Bonchev–Trinajstić information content (AvgIpc) is 3.04. The molecule has 0 unspecified atom stereocenters. The molecule has 0 saturated heterocycles. The lowest BCUT2D eigenvalue weighted by molar-refractivity contribution is 0.0946. The van der Waals surface area contributed by atoms with E-state index < -0.39 is 0 Å². The zero-order valence-corrected chi connectivity index (χ0v) is 12.0. The van der Waals surface area contributed by atoms with Crippen LogP contribution in [0, 0.1) is 0 Å². The third-order valence-corrected chi connectivity index (χ3v) is 3.81. The van der Waals surface area contributed by atoms with Gasteiger partial charge in [0.2, 0.25) is 0 Å². The van der Waals surface area contributed by atoms with Crippen molar-refractivity contribution in [1.82, 2.24) is 14.9 Å². The summed E-state index contributed by atoms with van der Waals surface area (Å²) in [5, 5.41) is 6.84. The molecular weight excluding hydrogens is 282 g/mol. The predicted octanol–water partition coefficient (Wildman–Crippen LogP) is 3.14. The van der Waals surface area contributed by atoms with E-state index in [0.717, 1.165) is 16.0 Å². The minimum Gasteiger partial charge on any atom is -0.347 e. The first-order valence-corrected chi connectivity index (χ1v) is 7.32. The molecule has 1 aromatic heterocycles. The SMILES string of the molecule is O=C(NCc1ccccc1)c1nnsc1-c1ccccc1. The zero-order valence-electron chi connectivity index (χ0n) is 11.2. The van der Waals surface area contributed by atoms with Crippen molar-refractivity contribution in [2.75, 3.05) is 0 Å². The molecule has 0 aliphatic carbocycles. The molecule has 4 nitrogen and oxygen atoms in total. The fourth-order valence-electron chi connectivity index (χ4n) is 1.98. The van der Waals surface area contributed by atoms with Crippen LogP contribution in [0.2, 0.25) is 0 Å². The van der Waals surface area contributed by atoms with Gasteiger partial charge in [-0.2, -0.15) is 0 Å². The predicted molar refractivity (Wildman–Crippen MR) is 83.0 cm³/mol. The highest BCUT2D eigenvalue weighted by molar-refractivity contribution is 7.09. The Kier molecular flexibility index (Phi) is 4.02. The lowest BCUT2D eigenvalue weighted by atomic mass is 10.1. The fraction of sp³-hybridized carbons (Fsp3) is 0.0625. The van der Waals surface area contributed by atoms with Crippen molar-refractivity contribution in [2.24, 2.45) is 0 Å². The normalized spacial score (nSPS) is 10.3. The summed E-state index contributed by atoms with van der Waals surface area (Å²) in [4.78, 5) is 13.1. The minimum atomic E-state index is -0.202. The Labute approximate surface area is 126 Å². The average molecular weight is 295 g/mol. The molecular formula is C16H13N3OS. The van der Waals surface area contributed by atoms with Crippen molar-refractivity contribution >= 4 is 17.4 Å². The van der Waals surface area contributed by atoms with E-state index in [1.54, 1.807) is 0 Å². The van der Waals surface area contributed by atoms with Crippen molar-refractivity contribution in [3.05, 3.63) is 71.9 Å². The van der Waals surface area contributed by atoms with Gasteiger partial charge in [-0.15, -0.1) is 5.10 Å². The molecule has 0 spiro atoms. The van der Waals surface area contributed by atoms with Crippen molar-refractivity contribution < 1.29 is 4.79 Å². The second-order valence-electron chi connectivity index (χ2n) is 4.48. The summed E-state index contributed by atoms with van der Waals surface area (Å²) in [5.74, 6) is -0.202. The van der Waals surface area contributed by atoms with Gasteiger partial charge in [0.15, 0.2) is 5.69 Å². The first kappa shape index (κ1) is 13.5. The number of aromatic nitrogens is 2. The van der Waals surface area contributed by atoms with Crippen LogP contribution in [0.25, 0.3) is 10.4 Å². The summed E-state index contributed by atoms with van der Waals surface area (Å²) in [5.41, 5.74) is 2.38. The number of carbonyl (C=O) groups is 1. The number of hydrogen-bond acceptors (Lipinski definition) is 4. The third-order valence-electron chi connectivity index (χ3n) is 3.03. The van der Waals surface area contributed by atoms with Gasteiger partial charge in [-0.05, 0) is 22.7 Å². The standard InChI is InChI=1S/C16H13N3OS/c20-16(17-11-12-7-3-1-4-8-12)14-15(21-19-18-14)13-9-5-2-6-10-13/h1-10H,11H2,(H,17,20). The molecule has 5 heteroatoms. The van der Waals surface area contributed by atoms with Gasteiger partial charge in [-0.25, -0.2) is 0 Å². The molecule has 0 fully saturated rings. The Morgan fingerprint density at radius 3 is 2.38 bits per heavy atom. The Hall–Kier alpha value is -2.53. The molecule has 1 heterocycles. The lowest BCUT2D eigenvalue weighted by Crippen LogP contribution is -2.23. The van der Waals surface area contributed by atoms with E-state index >= 15 is 0 Å². The molecule has 1 amide bonds. The van der Waals surface area contributed by atoms with Gasteiger partial charge in [0, 0.05) is 6.54 Å². The smallest absolute Gasteiger partial charge is 0.273 e. The Morgan fingerprint density at radius 2 is 1.67 bits per heavy atom. The van der Waals surface area contributed by atoms with Gasteiger partial charge in [0.05, 0.1) is 4.88 Å². The van der Waals surface area contributed by atoms with E-state index in [1.165, 1.54) is 11.5 Å². The van der Waals surface area contributed by atoms with Gasteiger partial charge >= 0.3 is 0 Å². The number of rotatable bonds is 4. The van der Waals surface area contributed by atoms with Crippen LogP contribution < -0.4 is 5.32 Å². The summed E-state index contributed by atoms with van der Waals surface area (Å²) in [7, 11) is 0. The molecule has 3 aromatic rings. The molecule has 0 aliphatic rings. The molecule has 0 bridgehead atoms. The summed E-state index contributed by atoms with van der Waals surface area (Å²) in [6, 6.07) is 19.5. The summed E-state index contributed by atoms with van der Waals surface area (Å²) >= 11 is 1.23. The molecule has 2 aromatic carbocycles. The summed E-state index contributed by atoms with van der Waals surface area (Å²) in [6.07, 6.45) is 0. The monoisotopic (exact) mass is 295 g/mol. The van der Waals surface area contributed by atoms with Crippen LogP contribution in [0.4, 0.5) is 0 Å². The van der Waals surface area contributed by atoms with Gasteiger partial charge in [-0.3, -0.25) is 4.79 Å². The minimum absolute atomic E-state index is 0.202. The van der Waals surface area contributed by atoms with E-state index in [-0.39, 0.29) is 5.91 Å². The van der Waals surface area contributed by atoms with E-state index in [9.17, 15) is 4.79 Å². The van der Waals surface area contributed by atoms with Crippen molar-refractivity contribution in [3.63, 3.8) is 0 Å². The van der Waals surface area contributed by atoms with Crippen LogP contribution in [0.5, 0.6) is 0 Å². The van der Waals surface area contributed by atoms with Gasteiger partial charge in [0.1, 0.15) is 0 Å². The molecule has 1 N–H and O–H groups in total. The number of nitrogens with zero attached hydrogens (tertiary/aromatic N) is 2. The van der Waals surface area contributed by atoms with Gasteiger partial charge in [0.25, 0.3) is 5.91 Å². The molecule has 0 saturated carbocycles. The topological polar surface area (TPSA) is 54.9 Å². The van der Waals surface area contributed by atoms with E-state index in [1.807, 2.05) is 60.7 Å².